The van der Waals surface area contributed by atoms with Crippen molar-refractivity contribution < 1.29 is 0 Å². The SMILES string of the molecule is CNC(CCc1ccc(C)cc1)CCc1cccs1. The maximum absolute atomic E-state index is 3.45. The van der Waals surface area contributed by atoms with E-state index in [1.807, 2.05) is 11.3 Å². The van der Waals surface area contributed by atoms with Gasteiger partial charge in [-0.1, -0.05) is 35.9 Å². The van der Waals surface area contributed by atoms with E-state index >= 15 is 0 Å². The zero-order chi connectivity index (χ0) is 13.5. The summed E-state index contributed by atoms with van der Waals surface area (Å²) in [5.41, 5.74) is 2.79. The van der Waals surface area contributed by atoms with Crippen LogP contribution in [0.25, 0.3) is 0 Å². The van der Waals surface area contributed by atoms with Crippen molar-refractivity contribution in [3.63, 3.8) is 0 Å². The molecule has 19 heavy (non-hydrogen) atoms. The van der Waals surface area contributed by atoms with E-state index in [-0.39, 0.29) is 0 Å². The molecule has 0 spiro atoms. The van der Waals surface area contributed by atoms with E-state index < -0.39 is 0 Å². The molecule has 1 aromatic heterocycles. The van der Waals surface area contributed by atoms with Crippen LogP contribution in [0, 0.1) is 6.92 Å². The Morgan fingerprint density at radius 3 is 2.42 bits per heavy atom. The molecule has 1 heterocycles. The molecule has 1 atom stereocenters. The summed E-state index contributed by atoms with van der Waals surface area (Å²) in [6, 6.07) is 13.9. The monoisotopic (exact) mass is 273 g/mol. The number of nitrogens with one attached hydrogen (secondary N) is 1. The molecule has 2 aromatic rings. The van der Waals surface area contributed by atoms with Crippen molar-refractivity contribution >= 4 is 11.3 Å². The van der Waals surface area contributed by atoms with E-state index in [4.69, 9.17) is 0 Å². The standard InChI is InChI=1S/C17H23NS/c1-14-5-7-15(8-6-14)9-10-16(18-2)11-12-17-4-3-13-19-17/h3-8,13,16,18H,9-12H2,1-2H3. The molecular weight excluding hydrogens is 250 g/mol. The van der Waals surface area contributed by atoms with Gasteiger partial charge in [-0.2, -0.15) is 0 Å². The highest BCUT2D eigenvalue weighted by molar-refractivity contribution is 7.09. The Hall–Kier alpha value is -1.12. The van der Waals surface area contributed by atoms with Crippen molar-refractivity contribution in [2.24, 2.45) is 0 Å². The topological polar surface area (TPSA) is 12.0 Å². The Labute approximate surface area is 120 Å². The molecule has 1 unspecified atom stereocenters. The second-order valence-electron chi connectivity index (χ2n) is 5.13. The molecule has 0 saturated heterocycles. The van der Waals surface area contributed by atoms with Crippen LogP contribution in [0.15, 0.2) is 41.8 Å². The lowest BCUT2D eigenvalue weighted by Gasteiger charge is -2.15. The number of thiophene rings is 1. The maximum Gasteiger partial charge on any atom is 0.00706 e. The average molecular weight is 273 g/mol. The van der Waals surface area contributed by atoms with Crippen molar-refractivity contribution in [3.8, 4) is 0 Å². The minimum atomic E-state index is 0.614. The minimum Gasteiger partial charge on any atom is -0.317 e. The van der Waals surface area contributed by atoms with Gasteiger partial charge in [-0.3, -0.25) is 0 Å². The van der Waals surface area contributed by atoms with Crippen molar-refractivity contribution in [3.05, 3.63) is 57.8 Å². The smallest absolute Gasteiger partial charge is 0.00706 e. The van der Waals surface area contributed by atoms with E-state index in [2.05, 4.69) is 61.1 Å². The zero-order valence-corrected chi connectivity index (χ0v) is 12.7. The van der Waals surface area contributed by atoms with Crippen LogP contribution in [0.1, 0.15) is 28.8 Å². The number of hydrogen-bond acceptors (Lipinski definition) is 2. The zero-order valence-electron chi connectivity index (χ0n) is 11.9. The van der Waals surface area contributed by atoms with E-state index in [1.54, 1.807) is 0 Å². The molecule has 1 aromatic carbocycles. The summed E-state index contributed by atoms with van der Waals surface area (Å²) >= 11 is 1.86. The lowest BCUT2D eigenvalue weighted by Crippen LogP contribution is -2.26. The number of rotatable bonds is 7. The number of hydrogen-bond donors (Lipinski definition) is 1. The first-order valence-electron chi connectivity index (χ1n) is 7.03. The van der Waals surface area contributed by atoms with E-state index in [9.17, 15) is 0 Å². The van der Waals surface area contributed by atoms with Crippen LogP contribution in [0.4, 0.5) is 0 Å². The molecule has 1 N–H and O–H groups in total. The van der Waals surface area contributed by atoms with Crippen LogP contribution in [0.5, 0.6) is 0 Å². The summed E-state index contributed by atoms with van der Waals surface area (Å²) in [5, 5.41) is 5.61. The largest absolute Gasteiger partial charge is 0.317 e. The third-order valence-corrected chi connectivity index (χ3v) is 4.57. The highest BCUT2D eigenvalue weighted by Gasteiger charge is 2.07. The van der Waals surface area contributed by atoms with Gasteiger partial charge in [-0.05, 0) is 56.7 Å². The lowest BCUT2D eigenvalue weighted by atomic mass is 10.0. The summed E-state index contributed by atoms with van der Waals surface area (Å²) in [5.74, 6) is 0. The summed E-state index contributed by atoms with van der Waals surface area (Å²) in [7, 11) is 2.08. The van der Waals surface area contributed by atoms with Gasteiger partial charge in [0.25, 0.3) is 0 Å². The van der Waals surface area contributed by atoms with Crippen molar-refractivity contribution in [2.75, 3.05) is 7.05 Å². The van der Waals surface area contributed by atoms with Gasteiger partial charge >= 0.3 is 0 Å². The van der Waals surface area contributed by atoms with E-state index in [0.717, 1.165) is 6.42 Å². The first kappa shape index (κ1) is 14.3. The van der Waals surface area contributed by atoms with Gasteiger partial charge < -0.3 is 5.32 Å². The Bertz CT molecular complexity index is 459. The van der Waals surface area contributed by atoms with Crippen LogP contribution >= 0.6 is 11.3 Å². The predicted molar refractivity (Wildman–Crippen MR) is 85.0 cm³/mol. The van der Waals surface area contributed by atoms with Gasteiger partial charge in [0.05, 0.1) is 0 Å². The molecule has 0 saturated carbocycles. The summed E-state index contributed by atoms with van der Waals surface area (Å²) < 4.78 is 0. The molecule has 0 aliphatic heterocycles. The quantitative estimate of drug-likeness (QED) is 0.797. The predicted octanol–water partition coefficient (Wildman–Crippen LogP) is 4.21. The first-order chi connectivity index (χ1) is 9.28. The summed E-state index contributed by atoms with van der Waals surface area (Å²) in [4.78, 5) is 1.50. The van der Waals surface area contributed by atoms with Gasteiger partial charge in [0, 0.05) is 10.9 Å². The fourth-order valence-corrected chi connectivity index (χ4v) is 3.02. The highest BCUT2D eigenvalue weighted by Crippen LogP contribution is 2.14. The van der Waals surface area contributed by atoms with Crippen LogP contribution < -0.4 is 5.32 Å². The molecule has 0 bridgehead atoms. The van der Waals surface area contributed by atoms with E-state index in [0.29, 0.717) is 6.04 Å². The average Bonchev–Trinajstić information content (AvgIpc) is 2.94. The fraction of sp³-hybridized carbons (Fsp3) is 0.412. The van der Waals surface area contributed by atoms with Crippen LogP contribution in [-0.2, 0) is 12.8 Å². The molecule has 102 valence electrons. The molecule has 2 rings (SSSR count). The second-order valence-corrected chi connectivity index (χ2v) is 6.16. The molecule has 0 aliphatic rings. The first-order valence-corrected chi connectivity index (χ1v) is 7.91. The van der Waals surface area contributed by atoms with Crippen molar-refractivity contribution in [2.45, 2.75) is 38.6 Å². The Morgan fingerprint density at radius 2 is 1.79 bits per heavy atom. The third kappa shape index (κ3) is 4.81. The number of benzene rings is 1. The Balaban J connectivity index is 1.77. The molecule has 0 amide bonds. The minimum absolute atomic E-state index is 0.614. The van der Waals surface area contributed by atoms with E-state index in [1.165, 1.54) is 35.3 Å². The van der Waals surface area contributed by atoms with Crippen LogP contribution in [0.2, 0.25) is 0 Å². The molecular formula is C17H23NS. The fourth-order valence-electron chi connectivity index (χ4n) is 2.30. The molecule has 2 heteroatoms. The van der Waals surface area contributed by atoms with Crippen molar-refractivity contribution in [1.29, 1.82) is 0 Å². The Morgan fingerprint density at radius 1 is 1.05 bits per heavy atom. The maximum atomic E-state index is 3.45. The molecule has 0 aliphatic carbocycles. The molecule has 0 radical (unpaired) electrons. The highest BCUT2D eigenvalue weighted by atomic mass is 32.1. The van der Waals surface area contributed by atoms with Crippen LogP contribution in [0.3, 0.4) is 0 Å². The summed E-state index contributed by atoms with van der Waals surface area (Å²) in [6.45, 7) is 2.14. The van der Waals surface area contributed by atoms with Crippen LogP contribution in [-0.4, -0.2) is 13.1 Å². The van der Waals surface area contributed by atoms with Gasteiger partial charge in [0.2, 0.25) is 0 Å². The van der Waals surface area contributed by atoms with Crippen molar-refractivity contribution in [1.82, 2.24) is 5.32 Å². The Kier molecular flexibility index (Phi) is 5.62. The molecule has 0 fully saturated rings. The normalized spacial score (nSPS) is 12.5. The molecule has 1 nitrogen and oxygen atoms in total. The van der Waals surface area contributed by atoms with Gasteiger partial charge in [0.15, 0.2) is 0 Å². The van der Waals surface area contributed by atoms with Gasteiger partial charge in [0.1, 0.15) is 0 Å². The third-order valence-electron chi connectivity index (χ3n) is 3.63. The summed E-state index contributed by atoms with van der Waals surface area (Å²) in [6.07, 6.45) is 4.79. The lowest BCUT2D eigenvalue weighted by molar-refractivity contribution is 0.491. The van der Waals surface area contributed by atoms with Gasteiger partial charge in [-0.25, -0.2) is 0 Å². The van der Waals surface area contributed by atoms with Gasteiger partial charge in [-0.15, -0.1) is 11.3 Å². The number of aryl methyl sites for hydroxylation is 3. The second kappa shape index (κ2) is 7.46.